The lowest BCUT2D eigenvalue weighted by atomic mass is 10.2. The Labute approximate surface area is 157 Å². The Balaban J connectivity index is 1.44. The van der Waals surface area contributed by atoms with Crippen LogP contribution in [0.2, 0.25) is 0 Å². The number of aromatic nitrogens is 1. The Bertz CT molecular complexity index is 995. The molecule has 0 aliphatic carbocycles. The number of carbonyl (C=O) groups is 2. The molecule has 1 aromatic heterocycles. The van der Waals surface area contributed by atoms with E-state index < -0.39 is 0 Å². The number of nitrogens with one attached hydrogen (secondary N) is 1. The van der Waals surface area contributed by atoms with Crippen molar-refractivity contribution in [3.05, 3.63) is 66.4 Å². The van der Waals surface area contributed by atoms with Crippen molar-refractivity contribution in [2.75, 3.05) is 29.9 Å². The number of urea groups is 1. The molecule has 1 saturated heterocycles. The van der Waals surface area contributed by atoms with Crippen LogP contribution >= 0.6 is 0 Å². The molecule has 6 heteroatoms. The van der Waals surface area contributed by atoms with Crippen LogP contribution in [0.3, 0.4) is 0 Å². The third kappa shape index (κ3) is 3.46. The fraction of sp³-hybridized carbons (Fsp3) is 0.190. The quantitative estimate of drug-likeness (QED) is 0.775. The zero-order valence-corrected chi connectivity index (χ0v) is 15.1. The zero-order valence-electron chi connectivity index (χ0n) is 15.1. The Hall–Kier alpha value is -3.41. The first-order chi connectivity index (χ1) is 13.1. The van der Waals surface area contributed by atoms with E-state index in [1.807, 2.05) is 61.5 Å². The number of hydrogen-bond donors (Lipinski definition) is 1. The molecule has 0 unspecified atom stereocenters. The van der Waals surface area contributed by atoms with Crippen LogP contribution in [0.15, 0.2) is 60.8 Å². The second-order valence-corrected chi connectivity index (χ2v) is 6.62. The molecule has 3 aromatic rings. The van der Waals surface area contributed by atoms with Gasteiger partial charge in [-0.1, -0.05) is 23.8 Å². The molecule has 0 atom stereocenters. The number of aryl methyl sites for hydroxylation is 1. The van der Waals surface area contributed by atoms with E-state index in [-0.39, 0.29) is 18.5 Å². The average Bonchev–Trinajstić information content (AvgIpc) is 3.03. The Kier molecular flexibility index (Phi) is 4.46. The number of amides is 3. The van der Waals surface area contributed by atoms with E-state index in [2.05, 4.69) is 10.3 Å². The molecular formula is C21H20N4O2. The number of nitrogens with zero attached hydrogens (tertiary/aromatic N) is 3. The maximum Gasteiger partial charge on any atom is 0.325 e. The van der Waals surface area contributed by atoms with Gasteiger partial charge in [0.1, 0.15) is 6.54 Å². The van der Waals surface area contributed by atoms with Crippen LogP contribution in [0.1, 0.15) is 5.56 Å². The molecular weight excluding hydrogens is 340 g/mol. The molecule has 1 aliphatic heterocycles. The SMILES string of the molecule is Cc1ccc(N2CCN(CC(=O)Nc3cccc4ncccc34)C2=O)cc1. The van der Waals surface area contributed by atoms with Crippen molar-refractivity contribution < 1.29 is 9.59 Å². The van der Waals surface area contributed by atoms with E-state index >= 15 is 0 Å². The first kappa shape index (κ1) is 17.0. The van der Waals surface area contributed by atoms with Crippen molar-refractivity contribution in [2.45, 2.75) is 6.92 Å². The first-order valence-electron chi connectivity index (χ1n) is 8.88. The van der Waals surface area contributed by atoms with Gasteiger partial charge in [-0.2, -0.15) is 0 Å². The minimum atomic E-state index is -0.217. The van der Waals surface area contributed by atoms with Gasteiger partial charge in [0.25, 0.3) is 0 Å². The summed E-state index contributed by atoms with van der Waals surface area (Å²) in [6.45, 7) is 3.14. The molecule has 1 N–H and O–H groups in total. The lowest BCUT2D eigenvalue weighted by molar-refractivity contribution is -0.116. The average molecular weight is 360 g/mol. The third-order valence-electron chi connectivity index (χ3n) is 4.69. The number of anilines is 2. The number of fused-ring (bicyclic) bond motifs is 1. The molecule has 3 amide bonds. The highest BCUT2D eigenvalue weighted by molar-refractivity contribution is 6.03. The molecule has 1 aliphatic rings. The monoisotopic (exact) mass is 360 g/mol. The highest BCUT2D eigenvalue weighted by atomic mass is 16.2. The Morgan fingerprint density at radius 1 is 1.07 bits per heavy atom. The molecule has 1 fully saturated rings. The van der Waals surface area contributed by atoms with Crippen LogP contribution in [0, 0.1) is 6.92 Å². The number of pyridine rings is 1. The third-order valence-corrected chi connectivity index (χ3v) is 4.69. The maximum absolute atomic E-state index is 12.7. The highest BCUT2D eigenvalue weighted by Crippen LogP contribution is 2.23. The van der Waals surface area contributed by atoms with Gasteiger partial charge in [0.15, 0.2) is 0 Å². The predicted octanol–water partition coefficient (Wildman–Crippen LogP) is 3.42. The van der Waals surface area contributed by atoms with Crippen LogP contribution in [0.25, 0.3) is 10.9 Å². The normalized spacial score (nSPS) is 14.0. The molecule has 0 spiro atoms. The summed E-state index contributed by atoms with van der Waals surface area (Å²) in [5.41, 5.74) is 3.52. The number of rotatable bonds is 4. The van der Waals surface area contributed by atoms with Crippen LogP contribution in [0.4, 0.5) is 16.2 Å². The van der Waals surface area contributed by atoms with Gasteiger partial charge in [-0.3, -0.25) is 14.7 Å². The van der Waals surface area contributed by atoms with Gasteiger partial charge in [0.05, 0.1) is 11.2 Å². The second kappa shape index (κ2) is 7.07. The van der Waals surface area contributed by atoms with Gasteiger partial charge in [-0.05, 0) is 43.3 Å². The molecule has 0 bridgehead atoms. The van der Waals surface area contributed by atoms with Crippen LogP contribution < -0.4 is 10.2 Å². The van der Waals surface area contributed by atoms with Crippen molar-refractivity contribution in [3.8, 4) is 0 Å². The lowest BCUT2D eigenvalue weighted by Gasteiger charge is -2.19. The summed E-state index contributed by atoms with van der Waals surface area (Å²) >= 11 is 0. The smallest absolute Gasteiger partial charge is 0.324 e. The largest absolute Gasteiger partial charge is 0.325 e. The molecule has 2 heterocycles. The zero-order chi connectivity index (χ0) is 18.8. The van der Waals surface area contributed by atoms with Crippen molar-refractivity contribution in [2.24, 2.45) is 0 Å². The molecule has 4 rings (SSSR count). The minimum absolute atomic E-state index is 0.0256. The second-order valence-electron chi connectivity index (χ2n) is 6.62. The molecule has 0 radical (unpaired) electrons. The van der Waals surface area contributed by atoms with Crippen LogP contribution in [0.5, 0.6) is 0 Å². The van der Waals surface area contributed by atoms with Gasteiger partial charge >= 0.3 is 6.03 Å². The van der Waals surface area contributed by atoms with Crippen molar-refractivity contribution in [1.29, 1.82) is 0 Å². The van der Waals surface area contributed by atoms with Crippen molar-refractivity contribution in [1.82, 2.24) is 9.88 Å². The summed E-state index contributed by atoms with van der Waals surface area (Å²) in [6, 6.07) is 17.0. The summed E-state index contributed by atoms with van der Waals surface area (Å²) in [7, 11) is 0. The maximum atomic E-state index is 12.7. The fourth-order valence-corrected chi connectivity index (χ4v) is 3.27. The van der Waals surface area contributed by atoms with E-state index in [1.54, 1.807) is 16.0 Å². The molecule has 6 nitrogen and oxygen atoms in total. The minimum Gasteiger partial charge on any atom is -0.324 e. The van der Waals surface area contributed by atoms with E-state index in [9.17, 15) is 9.59 Å². The molecule has 2 aromatic carbocycles. The molecule has 136 valence electrons. The van der Waals surface area contributed by atoms with Crippen molar-refractivity contribution >= 4 is 34.2 Å². The summed E-state index contributed by atoms with van der Waals surface area (Å²) in [6.07, 6.45) is 1.72. The number of carbonyl (C=O) groups excluding carboxylic acids is 2. The Morgan fingerprint density at radius 3 is 2.70 bits per heavy atom. The van der Waals surface area contributed by atoms with E-state index in [0.717, 1.165) is 22.2 Å². The van der Waals surface area contributed by atoms with Gasteiger partial charge in [0, 0.05) is 30.4 Å². The topological polar surface area (TPSA) is 65.5 Å². The number of hydrogen-bond acceptors (Lipinski definition) is 3. The summed E-state index contributed by atoms with van der Waals surface area (Å²) < 4.78 is 0. The van der Waals surface area contributed by atoms with Crippen LogP contribution in [-0.2, 0) is 4.79 Å². The molecule has 27 heavy (non-hydrogen) atoms. The summed E-state index contributed by atoms with van der Waals surface area (Å²) in [5, 5.41) is 3.78. The fourth-order valence-electron chi connectivity index (χ4n) is 3.27. The van der Waals surface area contributed by atoms with Gasteiger partial charge in [-0.15, -0.1) is 0 Å². The van der Waals surface area contributed by atoms with E-state index in [4.69, 9.17) is 0 Å². The van der Waals surface area contributed by atoms with Gasteiger partial charge in [-0.25, -0.2) is 4.79 Å². The van der Waals surface area contributed by atoms with Gasteiger partial charge in [0.2, 0.25) is 5.91 Å². The summed E-state index contributed by atoms with van der Waals surface area (Å²) in [5.74, 6) is -0.217. The van der Waals surface area contributed by atoms with Gasteiger partial charge < -0.3 is 10.2 Å². The lowest BCUT2D eigenvalue weighted by Crippen LogP contribution is -2.37. The molecule has 0 saturated carbocycles. The summed E-state index contributed by atoms with van der Waals surface area (Å²) in [4.78, 5) is 32.7. The van der Waals surface area contributed by atoms with E-state index in [1.165, 1.54) is 0 Å². The highest BCUT2D eigenvalue weighted by Gasteiger charge is 2.30. The Morgan fingerprint density at radius 2 is 1.89 bits per heavy atom. The van der Waals surface area contributed by atoms with Crippen molar-refractivity contribution in [3.63, 3.8) is 0 Å². The number of benzene rings is 2. The van der Waals surface area contributed by atoms with E-state index in [0.29, 0.717) is 18.8 Å². The standard InChI is InChI=1S/C21H20N4O2/c1-15-7-9-16(10-8-15)25-13-12-24(21(25)27)14-20(26)23-19-6-2-5-18-17(19)4-3-11-22-18/h2-11H,12-14H2,1H3,(H,23,26). The van der Waals surface area contributed by atoms with Crippen LogP contribution in [-0.4, -0.2) is 41.5 Å². The predicted molar refractivity (Wildman–Crippen MR) is 106 cm³/mol. The first-order valence-corrected chi connectivity index (χ1v) is 8.88.